The number of carbonyl (C=O) groups excluding carboxylic acids is 2. The van der Waals surface area contributed by atoms with Crippen molar-refractivity contribution in [1.82, 2.24) is 10.6 Å². The van der Waals surface area contributed by atoms with Crippen molar-refractivity contribution in [2.24, 2.45) is 5.92 Å². The number of benzene rings is 1. The minimum Gasteiger partial charge on any atom is -0.490 e. The molecule has 170 valence electrons. The van der Waals surface area contributed by atoms with E-state index in [4.69, 9.17) is 27.0 Å². The van der Waals surface area contributed by atoms with Crippen LogP contribution in [0.4, 0.5) is 0 Å². The quantitative estimate of drug-likeness (QED) is 0.311. The Morgan fingerprint density at radius 2 is 1.81 bits per heavy atom. The normalized spacial score (nSPS) is 25.8. The average Bonchev–Trinajstić information content (AvgIpc) is 2.81. The Kier molecular flexibility index (Phi) is 8.69. The van der Waals surface area contributed by atoms with Crippen LogP contribution >= 0.6 is 11.6 Å². The van der Waals surface area contributed by atoms with Crippen molar-refractivity contribution in [3.05, 3.63) is 40.6 Å². The molecule has 1 amide bonds. The van der Waals surface area contributed by atoms with Crippen LogP contribution in [0.25, 0.3) is 0 Å². The Bertz CT molecular complexity index is 895. The molecule has 0 radical (unpaired) electrons. The molecule has 7 nitrogen and oxygen atoms in total. The third-order valence-electron chi connectivity index (χ3n) is 6.23. The summed E-state index contributed by atoms with van der Waals surface area (Å²) in [6, 6.07) is 7.36. The number of ether oxygens (including phenoxy) is 1. The molecule has 32 heavy (non-hydrogen) atoms. The van der Waals surface area contributed by atoms with Crippen molar-refractivity contribution in [3.8, 4) is 11.8 Å². The van der Waals surface area contributed by atoms with Crippen LogP contribution in [-0.2, 0) is 9.59 Å². The van der Waals surface area contributed by atoms with E-state index in [1.807, 2.05) is 6.07 Å². The zero-order valence-corrected chi connectivity index (χ0v) is 18.7. The lowest BCUT2D eigenvalue weighted by Gasteiger charge is -2.30. The summed E-state index contributed by atoms with van der Waals surface area (Å²) >= 11 is 6.07. The van der Waals surface area contributed by atoms with Crippen LogP contribution in [0.3, 0.4) is 0 Å². The van der Waals surface area contributed by atoms with Crippen molar-refractivity contribution >= 4 is 30.0 Å². The summed E-state index contributed by atoms with van der Waals surface area (Å²) in [6.07, 6.45) is 10.4. The Morgan fingerprint density at radius 3 is 2.41 bits per heavy atom. The summed E-state index contributed by atoms with van der Waals surface area (Å²) in [6.45, 7) is 0. The van der Waals surface area contributed by atoms with Crippen LogP contribution in [0.15, 0.2) is 30.0 Å². The van der Waals surface area contributed by atoms with Gasteiger partial charge in [0.15, 0.2) is 0 Å². The number of nitrogens with zero attached hydrogens (tertiary/aromatic N) is 1. The first kappa shape index (κ1) is 23.8. The molecule has 8 heteroatoms. The van der Waals surface area contributed by atoms with Gasteiger partial charge in [-0.2, -0.15) is 5.26 Å². The fraction of sp³-hybridized carbons (Fsp3) is 0.500. The fourth-order valence-corrected chi connectivity index (χ4v) is 4.46. The number of hydrogen-bond acceptors (Lipinski definition) is 6. The molecular formula is C24H29ClN4O3. The molecule has 0 aliphatic heterocycles. The van der Waals surface area contributed by atoms with Gasteiger partial charge in [-0.1, -0.05) is 11.6 Å². The van der Waals surface area contributed by atoms with Crippen molar-refractivity contribution < 1.29 is 14.3 Å². The molecule has 1 aromatic rings. The smallest absolute Gasteiger partial charge is 0.254 e. The lowest BCUT2D eigenvalue weighted by molar-refractivity contribution is -0.118. The molecule has 2 fully saturated rings. The predicted molar refractivity (Wildman–Crippen MR) is 123 cm³/mol. The van der Waals surface area contributed by atoms with Crippen molar-refractivity contribution in [2.75, 3.05) is 0 Å². The Hall–Kier alpha value is -2.85. The number of halogens is 1. The summed E-state index contributed by atoms with van der Waals surface area (Å²) in [5, 5.41) is 23.2. The van der Waals surface area contributed by atoms with Gasteiger partial charge in [-0.15, -0.1) is 0 Å². The highest BCUT2D eigenvalue weighted by atomic mass is 35.5. The maximum absolute atomic E-state index is 12.6. The number of carbonyl (C=O) groups is 2. The van der Waals surface area contributed by atoms with E-state index in [-0.39, 0.29) is 30.0 Å². The minimum absolute atomic E-state index is 0.0352. The van der Waals surface area contributed by atoms with Crippen molar-refractivity contribution in [1.29, 1.82) is 10.7 Å². The predicted octanol–water partition coefficient (Wildman–Crippen LogP) is 3.90. The van der Waals surface area contributed by atoms with Crippen molar-refractivity contribution in [3.63, 3.8) is 0 Å². The lowest BCUT2D eigenvalue weighted by atomic mass is 9.87. The highest BCUT2D eigenvalue weighted by molar-refractivity contribution is 6.31. The molecule has 3 N–H and O–H groups in total. The minimum atomic E-state index is -0.252. The van der Waals surface area contributed by atoms with Crippen LogP contribution < -0.4 is 15.4 Å². The van der Waals surface area contributed by atoms with E-state index in [0.717, 1.165) is 63.9 Å². The number of aldehydes is 1. The third-order valence-corrected chi connectivity index (χ3v) is 6.54. The Morgan fingerprint density at radius 1 is 1.12 bits per heavy atom. The molecule has 1 aromatic carbocycles. The van der Waals surface area contributed by atoms with Crippen LogP contribution in [0.2, 0.25) is 5.02 Å². The molecule has 2 aliphatic carbocycles. The SMILES string of the molecule is N#Cc1ccc(O[C@H]2CC[C@H](NC(=O)/C(C=N)=C/N[C@H]3CC[C@H](C=O)CC3)CC2)cc1Cl. The number of hydrogen-bond donors (Lipinski definition) is 3. The van der Waals surface area contributed by atoms with E-state index in [0.29, 0.717) is 21.9 Å². The second kappa shape index (κ2) is 11.7. The van der Waals surface area contributed by atoms with Crippen LogP contribution in [-0.4, -0.2) is 36.6 Å². The molecule has 0 unspecified atom stereocenters. The highest BCUT2D eigenvalue weighted by Gasteiger charge is 2.25. The summed E-state index contributed by atoms with van der Waals surface area (Å²) < 4.78 is 5.99. The van der Waals surface area contributed by atoms with Gasteiger partial charge in [-0.05, 0) is 63.5 Å². The van der Waals surface area contributed by atoms with Gasteiger partial charge in [0.25, 0.3) is 5.91 Å². The van der Waals surface area contributed by atoms with Gasteiger partial charge in [0.05, 0.1) is 22.3 Å². The van der Waals surface area contributed by atoms with Crippen LogP contribution in [0.5, 0.6) is 5.75 Å². The third kappa shape index (κ3) is 6.57. The number of nitriles is 1. The van der Waals surface area contributed by atoms with E-state index < -0.39 is 0 Å². The molecule has 2 aliphatic rings. The maximum Gasteiger partial charge on any atom is 0.254 e. The van der Waals surface area contributed by atoms with Gasteiger partial charge in [0, 0.05) is 36.5 Å². The molecular weight excluding hydrogens is 428 g/mol. The maximum atomic E-state index is 12.6. The molecule has 3 rings (SSSR count). The zero-order valence-electron chi connectivity index (χ0n) is 18.0. The average molecular weight is 457 g/mol. The number of rotatable bonds is 8. The second-order valence-corrected chi connectivity index (χ2v) is 8.88. The monoisotopic (exact) mass is 456 g/mol. The molecule has 0 spiro atoms. The fourth-order valence-electron chi connectivity index (χ4n) is 4.25. The standard InChI is InChI=1S/C24H29ClN4O3/c25-23-11-22(8-3-17(23)12-26)32-21-9-6-20(7-10-21)29-24(31)18(13-27)14-28-19-4-1-16(15-30)2-5-19/h3,8,11,13-16,19-21,27-28H,1-2,4-7,9-10H2,(H,29,31)/b18-14+,27-13?/t16-,19-,20-,21-. The molecule has 0 saturated heterocycles. The van der Waals surface area contributed by atoms with Crippen LogP contribution in [0, 0.1) is 22.7 Å². The van der Waals surface area contributed by atoms with E-state index in [1.54, 1.807) is 24.4 Å². The van der Waals surface area contributed by atoms with Crippen LogP contribution in [0.1, 0.15) is 56.9 Å². The van der Waals surface area contributed by atoms with E-state index >= 15 is 0 Å². The molecule has 0 heterocycles. The zero-order chi connectivity index (χ0) is 22.9. The largest absolute Gasteiger partial charge is 0.490 e. The number of nitrogens with one attached hydrogen (secondary N) is 3. The van der Waals surface area contributed by atoms with Gasteiger partial charge < -0.3 is 25.6 Å². The Labute approximate surface area is 193 Å². The molecule has 0 aromatic heterocycles. The van der Waals surface area contributed by atoms with Gasteiger partial charge in [-0.25, -0.2) is 0 Å². The van der Waals surface area contributed by atoms with E-state index in [2.05, 4.69) is 10.6 Å². The second-order valence-electron chi connectivity index (χ2n) is 8.48. The van der Waals surface area contributed by atoms with Crippen molar-refractivity contribution in [2.45, 2.75) is 69.6 Å². The molecule has 0 bridgehead atoms. The number of amides is 1. The highest BCUT2D eigenvalue weighted by Crippen LogP contribution is 2.27. The topological polar surface area (TPSA) is 115 Å². The molecule has 0 atom stereocenters. The van der Waals surface area contributed by atoms with E-state index in [9.17, 15) is 9.59 Å². The van der Waals surface area contributed by atoms with E-state index in [1.165, 1.54) is 0 Å². The Balaban J connectivity index is 1.43. The first-order valence-corrected chi connectivity index (χ1v) is 11.5. The van der Waals surface area contributed by atoms with Gasteiger partial charge in [-0.3, -0.25) is 4.79 Å². The summed E-state index contributed by atoms with van der Waals surface area (Å²) in [5.74, 6) is 0.539. The first-order valence-electron chi connectivity index (χ1n) is 11.1. The summed E-state index contributed by atoms with van der Waals surface area (Å²) in [7, 11) is 0. The summed E-state index contributed by atoms with van der Waals surface area (Å²) in [5.41, 5.74) is 0.719. The van der Waals surface area contributed by atoms with Gasteiger partial charge in [0.1, 0.15) is 18.1 Å². The molecule has 2 saturated carbocycles. The summed E-state index contributed by atoms with van der Waals surface area (Å²) in [4.78, 5) is 23.5. The lowest BCUT2D eigenvalue weighted by Crippen LogP contribution is -2.41. The van der Waals surface area contributed by atoms with Gasteiger partial charge in [0.2, 0.25) is 0 Å². The van der Waals surface area contributed by atoms with Gasteiger partial charge >= 0.3 is 0 Å². The first-order chi connectivity index (χ1) is 15.5.